The molecule has 108 valence electrons. The molecule has 0 aliphatic heterocycles. The fourth-order valence-corrected chi connectivity index (χ4v) is 3.53. The van der Waals surface area contributed by atoms with Crippen molar-refractivity contribution in [3.63, 3.8) is 0 Å². The highest BCUT2D eigenvalue weighted by Gasteiger charge is 2.15. The molecule has 0 saturated heterocycles. The van der Waals surface area contributed by atoms with E-state index in [4.69, 9.17) is 0 Å². The maximum Gasteiger partial charge on any atom is 0.263 e. The van der Waals surface area contributed by atoms with E-state index in [0.717, 1.165) is 33.7 Å². The summed E-state index contributed by atoms with van der Waals surface area (Å²) in [6, 6.07) is 5.84. The Kier molecular flexibility index (Phi) is 3.94. The standard InChI is InChI=1S/C14H14N4OS2/c1-3-10-13(20-8(2)16-10)14(19)15-7-9-4-5-11-12(6-9)18-21-17-11/h4-6H,3,7H2,1-2H3,(H,15,19). The third-order valence-electron chi connectivity index (χ3n) is 3.12. The van der Waals surface area contributed by atoms with Crippen LogP contribution in [0.5, 0.6) is 0 Å². The van der Waals surface area contributed by atoms with Gasteiger partial charge in [-0.15, -0.1) is 11.3 Å². The van der Waals surface area contributed by atoms with Crippen LogP contribution >= 0.6 is 23.1 Å². The Bertz CT molecular complexity index is 793. The van der Waals surface area contributed by atoms with Gasteiger partial charge in [-0.25, -0.2) is 4.98 Å². The number of fused-ring (bicyclic) bond motifs is 1. The predicted octanol–water partition coefficient (Wildman–Crippen LogP) is 2.95. The first-order chi connectivity index (χ1) is 10.2. The van der Waals surface area contributed by atoms with Crippen LogP contribution in [0.15, 0.2) is 18.2 Å². The topological polar surface area (TPSA) is 67.8 Å². The van der Waals surface area contributed by atoms with Gasteiger partial charge in [-0.1, -0.05) is 13.0 Å². The van der Waals surface area contributed by atoms with Crippen molar-refractivity contribution < 1.29 is 4.79 Å². The average molecular weight is 318 g/mol. The number of nitrogens with zero attached hydrogens (tertiary/aromatic N) is 3. The molecule has 21 heavy (non-hydrogen) atoms. The fraction of sp³-hybridized carbons (Fsp3) is 0.286. The molecule has 1 aromatic carbocycles. The minimum absolute atomic E-state index is 0.0612. The van der Waals surface area contributed by atoms with Gasteiger partial charge in [-0.3, -0.25) is 4.79 Å². The first-order valence-electron chi connectivity index (χ1n) is 6.63. The van der Waals surface area contributed by atoms with Crippen molar-refractivity contribution in [3.8, 4) is 0 Å². The highest BCUT2D eigenvalue weighted by atomic mass is 32.1. The third kappa shape index (κ3) is 2.93. The van der Waals surface area contributed by atoms with Gasteiger partial charge < -0.3 is 5.32 Å². The highest BCUT2D eigenvalue weighted by Crippen LogP contribution is 2.19. The largest absolute Gasteiger partial charge is 0.347 e. The Morgan fingerprint density at radius 1 is 1.29 bits per heavy atom. The van der Waals surface area contributed by atoms with Crippen molar-refractivity contribution in [3.05, 3.63) is 39.3 Å². The van der Waals surface area contributed by atoms with Crippen molar-refractivity contribution in [1.29, 1.82) is 0 Å². The van der Waals surface area contributed by atoms with Gasteiger partial charge in [0, 0.05) is 6.54 Å². The van der Waals surface area contributed by atoms with Crippen LogP contribution in [0.2, 0.25) is 0 Å². The zero-order valence-electron chi connectivity index (χ0n) is 11.7. The number of amides is 1. The Morgan fingerprint density at radius 3 is 2.90 bits per heavy atom. The maximum absolute atomic E-state index is 12.3. The van der Waals surface area contributed by atoms with Crippen LogP contribution in [0.1, 0.15) is 32.9 Å². The summed E-state index contributed by atoms with van der Waals surface area (Å²) in [5.41, 5.74) is 3.65. The molecule has 1 N–H and O–H groups in total. The molecule has 1 amide bonds. The summed E-state index contributed by atoms with van der Waals surface area (Å²) >= 11 is 2.64. The summed E-state index contributed by atoms with van der Waals surface area (Å²) in [6.07, 6.45) is 0.767. The molecule has 5 nitrogen and oxygen atoms in total. The van der Waals surface area contributed by atoms with Crippen molar-refractivity contribution in [2.75, 3.05) is 0 Å². The lowest BCUT2D eigenvalue weighted by atomic mass is 10.2. The number of rotatable bonds is 4. The number of carbonyl (C=O) groups is 1. The Balaban J connectivity index is 1.72. The number of hydrogen-bond donors (Lipinski definition) is 1. The molecule has 0 spiro atoms. The lowest BCUT2D eigenvalue weighted by molar-refractivity contribution is 0.0954. The summed E-state index contributed by atoms with van der Waals surface area (Å²) in [4.78, 5) is 17.4. The second kappa shape index (κ2) is 5.87. The van der Waals surface area contributed by atoms with E-state index in [9.17, 15) is 4.79 Å². The molecule has 0 aliphatic rings. The molecule has 2 heterocycles. The van der Waals surface area contributed by atoms with Crippen LogP contribution in [0.3, 0.4) is 0 Å². The second-order valence-corrected chi connectivity index (χ2v) is 6.36. The summed E-state index contributed by atoms with van der Waals surface area (Å²) in [5, 5.41) is 3.87. The van der Waals surface area contributed by atoms with E-state index in [1.165, 1.54) is 23.1 Å². The summed E-state index contributed by atoms with van der Waals surface area (Å²) in [6.45, 7) is 4.41. The molecule has 0 unspecified atom stereocenters. The van der Waals surface area contributed by atoms with Crippen LogP contribution in [0.25, 0.3) is 11.0 Å². The monoisotopic (exact) mass is 318 g/mol. The molecule has 3 aromatic rings. The normalized spacial score (nSPS) is 11.0. The van der Waals surface area contributed by atoms with Crippen LogP contribution in [0, 0.1) is 6.92 Å². The fourth-order valence-electron chi connectivity index (χ4n) is 2.09. The second-order valence-electron chi connectivity index (χ2n) is 4.63. The number of benzene rings is 1. The van der Waals surface area contributed by atoms with Crippen LogP contribution in [-0.4, -0.2) is 19.6 Å². The summed E-state index contributed by atoms with van der Waals surface area (Å²) in [7, 11) is 0. The van der Waals surface area contributed by atoms with Gasteiger partial charge in [-0.2, -0.15) is 8.75 Å². The van der Waals surface area contributed by atoms with Gasteiger partial charge in [0.1, 0.15) is 15.9 Å². The molecule has 0 fully saturated rings. The van der Waals surface area contributed by atoms with E-state index in [1.54, 1.807) is 0 Å². The van der Waals surface area contributed by atoms with Crippen molar-refractivity contribution in [2.24, 2.45) is 0 Å². The lowest BCUT2D eigenvalue weighted by Crippen LogP contribution is -2.22. The number of nitrogens with one attached hydrogen (secondary N) is 1. The number of hydrogen-bond acceptors (Lipinski definition) is 6. The van der Waals surface area contributed by atoms with E-state index < -0.39 is 0 Å². The van der Waals surface area contributed by atoms with E-state index in [1.807, 2.05) is 32.0 Å². The minimum atomic E-state index is -0.0612. The first kappa shape index (κ1) is 14.1. The Hall–Kier alpha value is -1.86. The smallest absolute Gasteiger partial charge is 0.263 e. The minimum Gasteiger partial charge on any atom is -0.347 e. The van der Waals surface area contributed by atoms with E-state index in [0.29, 0.717) is 11.4 Å². The van der Waals surface area contributed by atoms with Crippen LogP contribution in [-0.2, 0) is 13.0 Å². The Morgan fingerprint density at radius 2 is 2.10 bits per heavy atom. The van der Waals surface area contributed by atoms with Gasteiger partial charge in [0.25, 0.3) is 5.91 Å². The molecule has 3 rings (SSSR count). The number of aromatic nitrogens is 3. The van der Waals surface area contributed by atoms with E-state index in [2.05, 4.69) is 19.0 Å². The molecule has 0 atom stereocenters. The molecule has 7 heteroatoms. The van der Waals surface area contributed by atoms with Crippen molar-refractivity contribution >= 4 is 40.0 Å². The predicted molar refractivity (Wildman–Crippen MR) is 84.8 cm³/mol. The summed E-state index contributed by atoms with van der Waals surface area (Å²) < 4.78 is 8.37. The third-order valence-corrected chi connectivity index (χ3v) is 4.69. The van der Waals surface area contributed by atoms with Gasteiger partial charge in [-0.05, 0) is 31.0 Å². The number of thiazole rings is 1. The van der Waals surface area contributed by atoms with Crippen LogP contribution < -0.4 is 5.32 Å². The van der Waals surface area contributed by atoms with Gasteiger partial charge in [0.05, 0.1) is 22.4 Å². The number of aryl methyl sites for hydroxylation is 2. The average Bonchev–Trinajstić information content (AvgIpc) is 3.09. The molecular weight excluding hydrogens is 304 g/mol. The molecule has 0 bridgehead atoms. The Labute approximate surface area is 130 Å². The van der Waals surface area contributed by atoms with E-state index >= 15 is 0 Å². The van der Waals surface area contributed by atoms with Gasteiger partial charge >= 0.3 is 0 Å². The molecular formula is C14H14N4OS2. The zero-order chi connectivity index (χ0) is 14.8. The number of carbonyl (C=O) groups excluding carboxylic acids is 1. The van der Waals surface area contributed by atoms with Gasteiger partial charge in [0.15, 0.2) is 0 Å². The van der Waals surface area contributed by atoms with Crippen molar-refractivity contribution in [1.82, 2.24) is 19.0 Å². The quantitative estimate of drug-likeness (QED) is 0.803. The highest BCUT2D eigenvalue weighted by molar-refractivity contribution is 7.13. The zero-order valence-corrected chi connectivity index (χ0v) is 13.3. The molecule has 2 aromatic heterocycles. The van der Waals surface area contributed by atoms with E-state index in [-0.39, 0.29) is 5.91 Å². The van der Waals surface area contributed by atoms with Gasteiger partial charge in [0.2, 0.25) is 0 Å². The van der Waals surface area contributed by atoms with Crippen molar-refractivity contribution in [2.45, 2.75) is 26.8 Å². The SMILES string of the molecule is CCc1nc(C)sc1C(=O)NCc1ccc2nsnc2c1. The lowest BCUT2D eigenvalue weighted by Gasteiger charge is -2.04. The molecule has 0 aliphatic carbocycles. The van der Waals surface area contributed by atoms with Crippen LogP contribution in [0.4, 0.5) is 0 Å². The molecule has 0 saturated carbocycles. The maximum atomic E-state index is 12.3. The first-order valence-corrected chi connectivity index (χ1v) is 8.17. The summed E-state index contributed by atoms with van der Waals surface area (Å²) in [5.74, 6) is -0.0612. The molecule has 0 radical (unpaired) electrons.